The molecular weight excluding hydrogens is 208 g/mol. The van der Waals surface area contributed by atoms with E-state index in [2.05, 4.69) is 24.1 Å². The van der Waals surface area contributed by atoms with Crippen LogP contribution < -0.4 is 10.1 Å². The fourth-order valence-electron chi connectivity index (χ4n) is 0.791. The maximum atomic E-state index is 5.63. The van der Waals surface area contributed by atoms with Gasteiger partial charge in [0.2, 0.25) is 0 Å². The zero-order valence-corrected chi connectivity index (χ0v) is 9.28. The normalized spacial score (nSPS) is 10.8. The van der Waals surface area contributed by atoms with Crippen LogP contribution in [0.4, 0.5) is 0 Å². The minimum atomic E-state index is 0.489. The Labute approximate surface area is 87.1 Å². The zero-order chi connectivity index (χ0) is 9.68. The Hall–Kier alpha value is -0.320. The lowest BCUT2D eigenvalue weighted by molar-refractivity contribution is 0.307. The van der Waals surface area contributed by atoms with Crippen LogP contribution >= 0.6 is 22.9 Å². The van der Waals surface area contributed by atoms with Crippen LogP contribution in [0.3, 0.4) is 0 Å². The van der Waals surface area contributed by atoms with Crippen molar-refractivity contribution in [3.8, 4) is 5.19 Å². The van der Waals surface area contributed by atoms with Crippen LogP contribution in [0, 0.1) is 0 Å². The van der Waals surface area contributed by atoms with E-state index >= 15 is 0 Å². The summed E-state index contributed by atoms with van der Waals surface area (Å²) in [6, 6.07) is 0.489. The second kappa shape index (κ2) is 5.42. The van der Waals surface area contributed by atoms with Gasteiger partial charge in [0, 0.05) is 18.0 Å². The number of hydrogen-bond donors (Lipinski definition) is 1. The average molecular weight is 221 g/mol. The van der Waals surface area contributed by atoms with Gasteiger partial charge in [0.1, 0.15) is 11.8 Å². The monoisotopic (exact) mass is 220 g/mol. The van der Waals surface area contributed by atoms with Crippen LogP contribution in [-0.2, 0) is 0 Å². The van der Waals surface area contributed by atoms with Crippen molar-refractivity contribution in [2.45, 2.75) is 19.9 Å². The smallest absolute Gasteiger partial charge is 0.274 e. The molecule has 0 aliphatic carbocycles. The molecule has 5 heteroatoms. The molecule has 0 aromatic carbocycles. The quantitative estimate of drug-likeness (QED) is 0.773. The molecule has 0 saturated carbocycles. The van der Waals surface area contributed by atoms with Gasteiger partial charge in [0.05, 0.1) is 0 Å². The molecule has 0 aliphatic rings. The molecule has 1 N–H and O–H groups in total. The van der Waals surface area contributed by atoms with Crippen molar-refractivity contribution in [3.63, 3.8) is 0 Å². The molecule has 0 radical (unpaired) electrons. The largest absolute Gasteiger partial charge is 0.469 e. The Kier molecular flexibility index (Phi) is 4.48. The number of nitrogens with one attached hydrogen (secondary N) is 1. The molecule has 0 aliphatic heterocycles. The summed E-state index contributed by atoms with van der Waals surface area (Å²) in [7, 11) is 0. The van der Waals surface area contributed by atoms with Gasteiger partial charge in [-0.05, 0) is 0 Å². The van der Waals surface area contributed by atoms with Gasteiger partial charge in [0.15, 0.2) is 0 Å². The zero-order valence-electron chi connectivity index (χ0n) is 7.71. The summed E-state index contributed by atoms with van der Waals surface area (Å²) in [5.41, 5.74) is 0. The van der Waals surface area contributed by atoms with Crippen LogP contribution in [0.1, 0.15) is 13.8 Å². The molecule has 74 valence electrons. The number of rotatable bonds is 5. The fraction of sp³-hybridized carbons (Fsp3) is 0.625. The summed E-state index contributed by atoms with van der Waals surface area (Å²) < 4.78 is 5.34. The Morgan fingerprint density at radius 1 is 1.69 bits per heavy atom. The number of hydrogen-bond acceptors (Lipinski definition) is 4. The topological polar surface area (TPSA) is 34.1 Å². The third-order valence-electron chi connectivity index (χ3n) is 1.34. The van der Waals surface area contributed by atoms with E-state index in [0.29, 0.717) is 23.0 Å². The van der Waals surface area contributed by atoms with E-state index in [-0.39, 0.29) is 0 Å². The summed E-state index contributed by atoms with van der Waals surface area (Å²) in [5, 5.41) is 6.13. The number of halogens is 1. The summed E-state index contributed by atoms with van der Waals surface area (Å²) in [4.78, 5) is 3.96. The highest BCUT2D eigenvalue weighted by molar-refractivity contribution is 7.11. The Morgan fingerprint density at radius 3 is 3.00 bits per heavy atom. The first-order valence-corrected chi connectivity index (χ1v) is 5.41. The van der Waals surface area contributed by atoms with Crippen LogP contribution in [0.15, 0.2) is 5.38 Å². The molecule has 3 nitrogen and oxygen atoms in total. The Bertz CT molecular complexity index is 252. The highest BCUT2D eigenvalue weighted by atomic mass is 35.5. The summed E-state index contributed by atoms with van der Waals surface area (Å²) in [5.74, 6) is 0. The predicted octanol–water partition coefficient (Wildman–Crippen LogP) is 2.17. The van der Waals surface area contributed by atoms with Gasteiger partial charge in [-0.15, -0.1) is 0 Å². The lowest BCUT2D eigenvalue weighted by Gasteiger charge is -2.07. The molecule has 0 fully saturated rings. The third kappa shape index (κ3) is 4.45. The molecule has 0 bridgehead atoms. The van der Waals surface area contributed by atoms with Gasteiger partial charge in [0.25, 0.3) is 5.19 Å². The van der Waals surface area contributed by atoms with Crippen LogP contribution in [0.25, 0.3) is 0 Å². The van der Waals surface area contributed by atoms with Gasteiger partial charge in [-0.2, -0.15) is 4.98 Å². The molecule has 1 aromatic heterocycles. The summed E-state index contributed by atoms with van der Waals surface area (Å²) in [6.45, 7) is 5.65. The molecule has 0 amide bonds. The van der Waals surface area contributed by atoms with Gasteiger partial charge >= 0.3 is 0 Å². The highest BCUT2D eigenvalue weighted by Gasteiger charge is 1.99. The highest BCUT2D eigenvalue weighted by Crippen LogP contribution is 2.20. The first-order valence-electron chi connectivity index (χ1n) is 4.15. The van der Waals surface area contributed by atoms with E-state index in [1.165, 1.54) is 11.3 Å². The minimum absolute atomic E-state index is 0.489. The van der Waals surface area contributed by atoms with Gasteiger partial charge in [-0.1, -0.05) is 36.8 Å². The minimum Gasteiger partial charge on any atom is -0.469 e. The SMILES string of the molecule is CC(C)NCCOc1nc(Cl)cs1. The molecule has 0 saturated heterocycles. The number of thiazole rings is 1. The van der Waals surface area contributed by atoms with Crippen molar-refractivity contribution in [1.29, 1.82) is 0 Å². The standard InChI is InChI=1S/C8H13ClN2OS/c1-6(2)10-3-4-12-8-11-7(9)5-13-8/h5-6,10H,3-4H2,1-2H3. The molecule has 13 heavy (non-hydrogen) atoms. The average Bonchev–Trinajstić information content (AvgIpc) is 2.45. The molecule has 1 rings (SSSR count). The van der Waals surface area contributed by atoms with Crippen molar-refractivity contribution >= 4 is 22.9 Å². The van der Waals surface area contributed by atoms with E-state index in [4.69, 9.17) is 16.3 Å². The van der Waals surface area contributed by atoms with Gasteiger partial charge in [-0.25, -0.2) is 0 Å². The molecule has 1 heterocycles. The fourth-order valence-corrected chi connectivity index (χ4v) is 1.60. The van der Waals surface area contributed by atoms with E-state index in [1.54, 1.807) is 5.38 Å². The third-order valence-corrected chi connectivity index (χ3v) is 2.41. The number of aromatic nitrogens is 1. The molecule has 0 atom stereocenters. The molecule has 0 spiro atoms. The molecule has 0 unspecified atom stereocenters. The Balaban J connectivity index is 2.13. The first-order chi connectivity index (χ1) is 6.18. The summed E-state index contributed by atoms with van der Waals surface area (Å²) >= 11 is 7.04. The summed E-state index contributed by atoms with van der Waals surface area (Å²) in [6.07, 6.45) is 0. The second-order valence-electron chi connectivity index (χ2n) is 2.89. The second-order valence-corrected chi connectivity index (χ2v) is 4.10. The van der Waals surface area contributed by atoms with Crippen LogP contribution in [0.2, 0.25) is 5.15 Å². The Morgan fingerprint density at radius 2 is 2.46 bits per heavy atom. The molecule has 1 aromatic rings. The van der Waals surface area contributed by atoms with E-state index in [0.717, 1.165) is 6.54 Å². The lowest BCUT2D eigenvalue weighted by atomic mass is 10.4. The van der Waals surface area contributed by atoms with Crippen molar-refractivity contribution in [3.05, 3.63) is 10.5 Å². The molecular formula is C8H13ClN2OS. The first kappa shape index (κ1) is 10.8. The van der Waals surface area contributed by atoms with Crippen LogP contribution in [-0.4, -0.2) is 24.2 Å². The predicted molar refractivity (Wildman–Crippen MR) is 55.8 cm³/mol. The van der Waals surface area contributed by atoms with Crippen molar-refractivity contribution in [2.24, 2.45) is 0 Å². The van der Waals surface area contributed by atoms with E-state index in [9.17, 15) is 0 Å². The van der Waals surface area contributed by atoms with Crippen molar-refractivity contribution in [2.75, 3.05) is 13.2 Å². The van der Waals surface area contributed by atoms with Crippen LogP contribution in [0.5, 0.6) is 5.19 Å². The lowest BCUT2D eigenvalue weighted by Crippen LogP contribution is -2.27. The van der Waals surface area contributed by atoms with E-state index < -0.39 is 0 Å². The van der Waals surface area contributed by atoms with Crippen molar-refractivity contribution in [1.82, 2.24) is 10.3 Å². The maximum Gasteiger partial charge on any atom is 0.274 e. The number of ether oxygens (including phenoxy) is 1. The van der Waals surface area contributed by atoms with Crippen molar-refractivity contribution < 1.29 is 4.74 Å². The van der Waals surface area contributed by atoms with Gasteiger partial charge in [-0.3, -0.25) is 0 Å². The van der Waals surface area contributed by atoms with Gasteiger partial charge < -0.3 is 10.1 Å². The maximum absolute atomic E-state index is 5.63. The number of nitrogens with zero attached hydrogens (tertiary/aromatic N) is 1. The van der Waals surface area contributed by atoms with E-state index in [1.807, 2.05) is 0 Å².